The standard InChI is InChI=1S/C21H40N8O8/c1-11(30)16(23)19(35)28-13(6-4-10-26-21(24)25)17(33)27-12(5-2-3-9-22)18(34)29-14(20(36)37)7-8-15(31)32/h11-14,16,30H,2-10,22-23H2,1H3,(H,27,33)(H,28,35)(H,29,34)(H,31,32)(H,36,37)(H4,24,25,26)/t11-,12+,13+,14+,16+/m1/s1. The highest BCUT2D eigenvalue weighted by molar-refractivity contribution is 5.94. The van der Waals surface area contributed by atoms with Crippen molar-refractivity contribution in [1.82, 2.24) is 16.0 Å². The molecule has 212 valence electrons. The number of nitrogens with two attached hydrogens (primary N) is 4. The monoisotopic (exact) mass is 532 g/mol. The lowest BCUT2D eigenvalue weighted by molar-refractivity contribution is -0.143. The summed E-state index contributed by atoms with van der Waals surface area (Å²) in [5.41, 5.74) is 21.7. The maximum absolute atomic E-state index is 13.1. The zero-order valence-corrected chi connectivity index (χ0v) is 20.9. The number of aliphatic carboxylic acids is 2. The third-order valence-corrected chi connectivity index (χ3v) is 5.24. The van der Waals surface area contributed by atoms with Crippen LogP contribution in [0.15, 0.2) is 4.99 Å². The number of amides is 3. The Hall–Kier alpha value is -3.50. The molecule has 0 spiro atoms. The van der Waals surface area contributed by atoms with E-state index in [1.807, 2.05) is 0 Å². The van der Waals surface area contributed by atoms with E-state index >= 15 is 0 Å². The Bertz CT molecular complexity index is 803. The van der Waals surface area contributed by atoms with E-state index in [9.17, 15) is 34.2 Å². The number of aliphatic hydroxyl groups excluding tert-OH is 1. The number of unbranched alkanes of at least 4 members (excludes halogenated alkanes) is 1. The average Bonchev–Trinajstić information content (AvgIpc) is 2.81. The Labute approximate surface area is 214 Å². The highest BCUT2D eigenvalue weighted by atomic mass is 16.4. The van der Waals surface area contributed by atoms with E-state index in [1.165, 1.54) is 6.92 Å². The van der Waals surface area contributed by atoms with Crippen LogP contribution < -0.4 is 38.9 Å². The Morgan fingerprint density at radius 2 is 1.32 bits per heavy atom. The first kappa shape index (κ1) is 33.5. The number of carboxylic acid groups (broad SMARTS) is 2. The summed E-state index contributed by atoms with van der Waals surface area (Å²) in [6.07, 6.45) is -0.704. The van der Waals surface area contributed by atoms with Gasteiger partial charge in [-0.05, 0) is 52.0 Å². The Balaban J connectivity index is 5.64. The molecule has 0 fully saturated rings. The van der Waals surface area contributed by atoms with Crippen molar-refractivity contribution >= 4 is 35.6 Å². The van der Waals surface area contributed by atoms with Crippen LogP contribution in [0.5, 0.6) is 0 Å². The molecule has 3 amide bonds. The van der Waals surface area contributed by atoms with Crippen molar-refractivity contribution in [2.24, 2.45) is 27.9 Å². The molecule has 0 aromatic heterocycles. The Morgan fingerprint density at radius 3 is 1.78 bits per heavy atom. The van der Waals surface area contributed by atoms with Gasteiger partial charge in [0.2, 0.25) is 17.7 Å². The van der Waals surface area contributed by atoms with Gasteiger partial charge >= 0.3 is 11.9 Å². The van der Waals surface area contributed by atoms with E-state index in [4.69, 9.17) is 28.0 Å². The molecular formula is C21H40N8O8. The largest absolute Gasteiger partial charge is 0.481 e. The van der Waals surface area contributed by atoms with Crippen molar-refractivity contribution in [3.05, 3.63) is 0 Å². The average molecular weight is 533 g/mol. The van der Waals surface area contributed by atoms with Gasteiger partial charge in [-0.15, -0.1) is 0 Å². The van der Waals surface area contributed by atoms with E-state index in [0.29, 0.717) is 19.4 Å². The van der Waals surface area contributed by atoms with Crippen LogP contribution in [0.1, 0.15) is 51.9 Å². The van der Waals surface area contributed by atoms with Gasteiger partial charge in [-0.2, -0.15) is 0 Å². The van der Waals surface area contributed by atoms with Crippen LogP contribution in [0.2, 0.25) is 0 Å². The fourth-order valence-electron chi connectivity index (χ4n) is 3.09. The second-order valence-corrected chi connectivity index (χ2v) is 8.45. The number of rotatable bonds is 19. The molecule has 0 rings (SSSR count). The van der Waals surface area contributed by atoms with Crippen molar-refractivity contribution in [3.8, 4) is 0 Å². The topological polar surface area (TPSA) is 299 Å². The molecule has 16 nitrogen and oxygen atoms in total. The van der Waals surface area contributed by atoms with Gasteiger partial charge in [-0.3, -0.25) is 24.2 Å². The predicted octanol–water partition coefficient (Wildman–Crippen LogP) is -3.72. The molecule has 0 bridgehead atoms. The third kappa shape index (κ3) is 14.6. The molecule has 14 N–H and O–H groups in total. The van der Waals surface area contributed by atoms with Gasteiger partial charge in [-0.1, -0.05) is 0 Å². The summed E-state index contributed by atoms with van der Waals surface area (Å²) in [5.74, 6) is -5.23. The van der Waals surface area contributed by atoms with Gasteiger partial charge in [0.05, 0.1) is 6.10 Å². The lowest BCUT2D eigenvalue weighted by Crippen LogP contribution is -2.58. The SMILES string of the molecule is C[C@@H](O)[C@H](N)C(=O)N[C@@H](CCCN=C(N)N)C(=O)N[C@@H](CCCCN)C(=O)N[C@@H](CCC(=O)O)C(=O)O. The molecular weight excluding hydrogens is 492 g/mol. The molecule has 16 heteroatoms. The summed E-state index contributed by atoms with van der Waals surface area (Å²) in [4.78, 5) is 64.4. The highest BCUT2D eigenvalue weighted by Crippen LogP contribution is 2.07. The number of nitrogens with one attached hydrogen (secondary N) is 3. The molecule has 0 saturated heterocycles. The van der Waals surface area contributed by atoms with Crippen molar-refractivity contribution in [3.63, 3.8) is 0 Å². The maximum Gasteiger partial charge on any atom is 0.326 e. The summed E-state index contributed by atoms with van der Waals surface area (Å²) in [5, 5.41) is 34.9. The van der Waals surface area contributed by atoms with Crippen LogP contribution in [0.4, 0.5) is 0 Å². The van der Waals surface area contributed by atoms with Gasteiger partial charge in [0, 0.05) is 13.0 Å². The number of aliphatic imine (C=N–C) groups is 1. The normalized spacial score (nSPS) is 14.8. The second-order valence-electron chi connectivity index (χ2n) is 8.45. The van der Waals surface area contributed by atoms with E-state index < -0.39 is 66.4 Å². The van der Waals surface area contributed by atoms with Crippen LogP contribution in [0, 0.1) is 0 Å². The minimum absolute atomic E-state index is 0.0500. The first-order chi connectivity index (χ1) is 17.3. The zero-order valence-electron chi connectivity index (χ0n) is 20.9. The van der Waals surface area contributed by atoms with Gasteiger partial charge < -0.3 is 54.2 Å². The lowest BCUT2D eigenvalue weighted by atomic mass is 10.0. The number of carbonyl (C=O) groups excluding carboxylic acids is 3. The fraction of sp³-hybridized carbons (Fsp3) is 0.714. The molecule has 0 aromatic carbocycles. The number of guanidine groups is 1. The number of nitrogens with zero attached hydrogens (tertiary/aromatic N) is 1. The molecule has 0 unspecified atom stereocenters. The van der Waals surface area contributed by atoms with Gasteiger partial charge in [0.1, 0.15) is 24.2 Å². The summed E-state index contributed by atoms with van der Waals surface area (Å²) >= 11 is 0. The molecule has 5 atom stereocenters. The summed E-state index contributed by atoms with van der Waals surface area (Å²) in [6, 6.07) is -5.19. The van der Waals surface area contributed by atoms with Crippen LogP contribution in [-0.4, -0.2) is 94.3 Å². The summed E-state index contributed by atoms with van der Waals surface area (Å²) in [7, 11) is 0. The van der Waals surface area contributed by atoms with Gasteiger partial charge in [0.25, 0.3) is 0 Å². The van der Waals surface area contributed by atoms with Crippen molar-refractivity contribution in [2.45, 2.75) is 82.1 Å². The minimum atomic E-state index is -1.49. The van der Waals surface area contributed by atoms with Crippen LogP contribution in [0.3, 0.4) is 0 Å². The number of hydrogen-bond acceptors (Lipinski definition) is 9. The highest BCUT2D eigenvalue weighted by Gasteiger charge is 2.30. The quantitative estimate of drug-likeness (QED) is 0.0436. The van der Waals surface area contributed by atoms with Gasteiger partial charge in [0.15, 0.2) is 5.96 Å². The second kappa shape index (κ2) is 17.9. The number of carbonyl (C=O) groups is 5. The first-order valence-electron chi connectivity index (χ1n) is 11.8. The summed E-state index contributed by atoms with van der Waals surface area (Å²) < 4.78 is 0. The molecule has 0 saturated carbocycles. The molecule has 0 aliphatic carbocycles. The lowest BCUT2D eigenvalue weighted by Gasteiger charge is -2.25. The Morgan fingerprint density at radius 1 is 0.811 bits per heavy atom. The third-order valence-electron chi connectivity index (χ3n) is 5.24. The van der Waals surface area contributed by atoms with Crippen LogP contribution >= 0.6 is 0 Å². The number of aliphatic hydroxyl groups is 1. The van der Waals surface area contributed by atoms with Crippen molar-refractivity contribution in [2.75, 3.05) is 13.1 Å². The molecule has 0 aromatic rings. The van der Waals surface area contributed by atoms with Crippen LogP contribution in [-0.2, 0) is 24.0 Å². The number of hydrogen-bond donors (Lipinski definition) is 10. The van der Waals surface area contributed by atoms with Crippen molar-refractivity contribution in [1.29, 1.82) is 0 Å². The van der Waals surface area contributed by atoms with E-state index in [0.717, 1.165) is 0 Å². The Kier molecular flexibility index (Phi) is 16.2. The first-order valence-corrected chi connectivity index (χ1v) is 11.8. The molecule has 0 aliphatic heterocycles. The van der Waals surface area contributed by atoms with E-state index in [2.05, 4.69) is 20.9 Å². The minimum Gasteiger partial charge on any atom is -0.481 e. The molecule has 0 heterocycles. The molecule has 0 aliphatic rings. The molecule has 37 heavy (non-hydrogen) atoms. The van der Waals surface area contributed by atoms with E-state index in [1.54, 1.807) is 0 Å². The predicted molar refractivity (Wildman–Crippen MR) is 133 cm³/mol. The van der Waals surface area contributed by atoms with Crippen LogP contribution in [0.25, 0.3) is 0 Å². The molecule has 0 radical (unpaired) electrons. The number of carboxylic acids is 2. The van der Waals surface area contributed by atoms with E-state index in [-0.39, 0.29) is 38.2 Å². The summed E-state index contributed by atoms with van der Waals surface area (Å²) in [6.45, 7) is 1.77. The maximum atomic E-state index is 13.1. The fourth-order valence-corrected chi connectivity index (χ4v) is 3.09. The van der Waals surface area contributed by atoms with Crippen molar-refractivity contribution < 1.29 is 39.3 Å². The zero-order chi connectivity index (χ0) is 28.5. The smallest absolute Gasteiger partial charge is 0.326 e. The van der Waals surface area contributed by atoms with Gasteiger partial charge in [-0.25, -0.2) is 4.79 Å².